The monoisotopic (exact) mass is 415 g/mol. The van der Waals surface area contributed by atoms with Crippen molar-refractivity contribution in [2.24, 2.45) is 10.8 Å². The lowest BCUT2D eigenvalue weighted by atomic mass is 10.2. The van der Waals surface area contributed by atoms with Crippen LogP contribution in [0.25, 0.3) is 10.2 Å². The molecule has 1 aromatic carbocycles. The summed E-state index contributed by atoms with van der Waals surface area (Å²) in [5.41, 5.74) is 9.93. The second-order valence-electron chi connectivity index (χ2n) is 6.07. The molecule has 0 fully saturated rings. The summed E-state index contributed by atoms with van der Waals surface area (Å²) in [5, 5.41) is 5.24. The van der Waals surface area contributed by atoms with Gasteiger partial charge in [0.05, 0.1) is 25.8 Å². The molecule has 0 aliphatic rings. The van der Waals surface area contributed by atoms with Crippen molar-refractivity contribution in [3.05, 3.63) is 34.5 Å². The average Bonchev–Trinajstić information content (AvgIpc) is 3.00. The second kappa shape index (κ2) is 8.74. The first-order valence-corrected chi connectivity index (χ1v) is 9.43. The third kappa shape index (κ3) is 4.37. The van der Waals surface area contributed by atoms with Crippen LogP contribution in [0.4, 0.5) is 5.82 Å². The molecule has 3 aromatic rings. The van der Waals surface area contributed by atoms with Crippen LogP contribution in [0.2, 0.25) is 0 Å². The molecule has 3 rings (SSSR count). The van der Waals surface area contributed by atoms with Crippen molar-refractivity contribution < 1.29 is 19.0 Å². The van der Waals surface area contributed by atoms with Gasteiger partial charge in [-0.15, -0.1) is 11.3 Å². The van der Waals surface area contributed by atoms with Gasteiger partial charge in [0.25, 0.3) is 5.91 Å². The predicted molar refractivity (Wildman–Crippen MR) is 112 cm³/mol. The number of primary amides is 1. The highest BCUT2D eigenvalue weighted by atomic mass is 32.1. The number of carbonyl (C=O) groups excluding carboxylic acids is 1. The topological polar surface area (TPSA) is 121 Å². The number of benzene rings is 1. The van der Waals surface area contributed by atoms with Gasteiger partial charge in [-0.3, -0.25) is 10.2 Å². The minimum atomic E-state index is -0.598. The van der Waals surface area contributed by atoms with Crippen LogP contribution >= 0.6 is 11.3 Å². The molecule has 0 saturated carbocycles. The van der Waals surface area contributed by atoms with Crippen molar-refractivity contribution >= 4 is 39.5 Å². The number of hydrogen-bond acceptors (Lipinski definition) is 9. The van der Waals surface area contributed by atoms with Crippen LogP contribution in [-0.4, -0.2) is 42.9 Å². The number of anilines is 1. The number of aromatic nitrogens is 2. The molecule has 0 saturated heterocycles. The van der Waals surface area contributed by atoms with Crippen molar-refractivity contribution in [1.29, 1.82) is 0 Å². The van der Waals surface area contributed by atoms with Crippen molar-refractivity contribution in [2.45, 2.75) is 13.8 Å². The zero-order chi connectivity index (χ0) is 21.0. The zero-order valence-corrected chi connectivity index (χ0v) is 17.3. The second-order valence-corrected chi connectivity index (χ2v) is 7.27. The Morgan fingerprint density at radius 3 is 2.55 bits per heavy atom. The Bertz CT molecular complexity index is 1050. The number of hydrogen-bond donors (Lipinski definition) is 2. The summed E-state index contributed by atoms with van der Waals surface area (Å²) < 4.78 is 16.1. The van der Waals surface area contributed by atoms with E-state index in [1.54, 1.807) is 29.7 Å². The highest BCUT2D eigenvalue weighted by Gasteiger charge is 2.15. The third-order valence-corrected chi connectivity index (χ3v) is 5.31. The summed E-state index contributed by atoms with van der Waals surface area (Å²) in [6, 6.07) is 3.42. The Balaban J connectivity index is 1.86. The molecule has 2 heterocycles. The van der Waals surface area contributed by atoms with Crippen molar-refractivity contribution in [3.8, 4) is 17.2 Å². The van der Waals surface area contributed by atoms with Crippen LogP contribution in [0.3, 0.4) is 0 Å². The van der Waals surface area contributed by atoms with Gasteiger partial charge < -0.3 is 19.9 Å². The first kappa shape index (κ1) is 20.3. The quantitative estimate of drug-likeness (QED) is 0.428. The number of thiophene rings is 1. The highest BCUT2D eigenvalue weighted by Crippen LogP contribution is 2.38. The molecular formula is C19H21N5O4S. The van der Waals surface area contributed by atoms with Gasteiger partial charge in [-0.2, -0.15) is 5.10 Å². The minimum absolute atomic E-state index is 0.287. The predicted octanol–water partition coefficient (Wildman–Crippen LogP) is 2.64. The average molecular weight is 415 g/mol. The molecule has 0 radical (unpaired) electrons. The maximum Gasteiger partial charge on any atom is 0.255 e. The van der Waals surface area contributed by atoms with E-state index in [0.717, 1.165) is 15.8 Å². The molecule has 3 N–H and O–H groups in total. The van der Waals surface area contributed by atoms with Crippen LogP contribution in [0.15, 0.2) is 23.6 Å². The summed E-state index contributed by atoms with van der Waals surface area (Å²) in [7, 11) is 2.98. The van der Waals surface area contributed by atoms with E-state index in [1.165, 1.54) is 25.4 Å². The third-order valence-electron chi connectivity index (χ3n) is 4.19. The highest BCUT2D eigenvalue weighted by molar-refractivity contribution is 7.18. The summed E-state index contributed by atoms with van der Waals surface area (Å²) >= 11 is 1.62. The van der Waals surface area contributed by atoms with Crippen LogP contribution in [0, 0.1) is 13.8 Å². The van der Waals surface area contributed by atoms with Gasteiger partial charge >= 0.3 is 0 Å². The number of aryl methyl sites for hydroxylation is 2. The normalized spacial score (nSPS) is 11.0. The lowest BCUT2D eigenvalue weighted by Crippen LogP contribution is -2.20. The maximum atomic E-state index is 11.0. The molecule has 0 aliphatic heterocycles. The van der Waals surface area contributed by atoms with E-state index in [1.807, 2.05) is 6.92 Å². The summed E-state index contributed by atoms with van der Waals surface area (Å²) in [6.07, 6.45) is 3.11. The van der Waals surface area contributed by atoms with E-state index in [2.05, 4.69) is 27.4 Å². The van der Waals surface area contributed by atoms with Crippen molar-refractivity contribution in [2.75, 3.05) is 26.3 Å². The number of fused-ring (bicyclic) bond motifs is 1. The van der Waals surface area contributed by atoms with Gasteiger partial charge in [0.15, 0.2) is 23.9 Å². The molecule has 29 heavy (non-hydrogen) atoms. The van der Waals surface area contributed by atoms with Gasteiger partial charge in [0.1, 0.15) is 11.2 Å². The number of methoxy groups -OCH3 is 2. The molecule has 0 atom stereocenters. The summed E-state index contributed by atoms with van der Waals surface area (Å²) in [6.45, 7) is 3.80. The summed E-state index contributed by atoms with van der Waals surface area (Å²) in [4.78, 5) is 21.7. The Labute approximate surface area is 171 Å². The number of nitrogens with zero attached hydrogens (tertiary/aromatic N) is 3. The van der Waals surface area contributed by atoms with Gasteiger partial charge in [-0.1, -0.05) is 0 Å². The Morgan fingerprint density at radius 2 is 1.93 bits per heavy atom. The molecule has 2 aromatic heterocycles. The van der Waals surface area contributed by atoms with E-state index < -0.39 is 5.91 Å². The Hall–Kier alpha value is -3.40. The van der Waals surface area contributed by atoms with Gasteiger partial charge in [0.2, 0.25) is 5.75 Å². The van der Waals surface area contributed by atoms with E-state index in [0.29, 0.717) is 28.6 Å². The SMILES string of the molecule is COc1cc(/C=N\Nc2ncnc3sc(C)c(C)c23)cc(OC)c1OCC(N)=O. The first-order chi connectivity index (χ1) is 13.9. The van der Waals surface area contributed by atoms with E-state index >= 15 is 0 Å². The van der Waals surface area contributed by atoms with Gasteiger partial charge in [-0.05, 0) is 31.5 Å². The van der Waals surface area contributed by atoms with E-state index in [9.17, 15) is 4.79 Å². The number of nitrogens with one attached hydrogen (secondary N) is 1. The maximum absolute atomic E-state index is 11.0. The summed E-state index contributed by atoms with van der Waals surface area (Å²) in [5.74, 6) is 1.11. The molecule has 10 heteroatoms. The zero-order valence-electron chi connectivity index (χ0n) is 16.5. The van der Waals surface area contributed by atoms with E-state index in [4.69, 9.17) is 19.9 Å². The molecular weight excluding hydrogens is 394 g/mol. The smallest absolute Gasteiger partial charge is 0.255 e. The number of hydrazone groups is 1. The molecule has 152 valence electrons. The number of nitrogens with two attached hydrogens (primary N) is 1. The van der Waals surface area contributed by atoms with Gasteiger partial charge in [-0.25, -0.2) is 9.97 Å². The Morgan fingerprint density at radius 1 is 1.24 bits per heavy atom. The van der Waals surface area contributed by atoms with E-state index in [-0.39, 0.29) is 6.61 Å². The molecule has 0 spiro atoms. The lowest BCUT2D eigenvalue weighted by Gasteiger charge is -2.14. The number of carbonyl (C=O) groups is 1. The molecule has 0 aliphatic carbocycles. The lowest BCUT2D eigenvalue weighted by molar-refractivity contribution is -0.119. The minimum Gasteiger partial charge on any atom is -0.493 e. The van der Waals surface area contributed by atoms with Crippen molar-refractivity contribution in [3.63, 3.8) is 0 Å². The van der Waals surface area contributed by atoms with Crippen LogP contribution in [-0.2, 0) is 4.79 Å². The van der Waals surface area contributed by atoms with Crippen LogP contribution < -0.4 is 25.4 Å². The Kier molecular flexibility index (Phi) is 6.13. The van der Waals surface area contributed by atoms with Crippen molar-refractivity contribution in [1.82, 2.24) is 9.97 Å². The first-order valence-electron chi connectivity index (χ1n) is 8.61. The van der Waals surface area contributed by atoms with Gasteiger partial charge in [0, 0.05) is 10.4 Å². The van der Waals surface area contributed by atoms with Crippen LogP contribution in [0.5, 0.6) is 17.2 Å². The number of ether oxygens (including phenoxy) is 3. The van der Waals surface area contributed by atoms with Crippen LogP contribution in [0.1, 0.15) is 16.0 Å². The number of amides is 1. The number of rotatable bonds is 8. The fourth-order valence-electron chi connectivity index (χ4n) is 2.70. The largest absolute Gasteiger partial charge is 0.493 e. The standard InChI is InChI=1S/C19H21N5O4S/c1-10-11(2)29-19-16(10)18(21-9-22-19)24-23-7-12-5-13(26-3)17(14(6-12)27-4)28-8-15(20)25/h5-7,9H,8H2,1-4H3,(H2,20,25)(H,21,22,24)/b23-7-. The molecule has 1 amide bonds. The fraction of sp³-hybridized carbons (Fsp3) is 0.263. The molecule has 0 unspecified atom stereocenters. The fourth-order valence-corrected chi connectivity index (χ4v) is 3.69. The molecule has 0 bridgehead atoms. The molecule has 9 nitrogen and oxygen atoms in total.